The molecule has 5 nitrogen and oxygen atoms in total. The zero-order chi connectivity index (χ0) is 12.3. The number of imidazole rings is 1. The first-order valence-corrected chi connectivity index (χ1v) is 5.83. The van der Waals surface area contributed by atoms with Crippen LogP contribution < -0.4 is 27.4 Å². The number of piperidine rings is 1. The van der Waals surface area contributed by atoms with Gasteiger partial charge in [-0.15, -0.1) is 0 Å². The van der Waals surface area contributed by atoms with Gasteiger partial charge in [-0.3, -0.25) is 4.57 Å². The van der Waals surface area contributed by atoms with Crippen LogP contribution in [0.4, 0.5) is 0 Å². The first kappa shape index (κ1) is 11.7. The summed E-state index contributed by atoms with van der Waals surface area (Å²) in [4.78, 5) is 14.6. The van der Waals surface area contributed by atoms with E-state index in [4.69, 9.17) is 5.73 Å². The molecule has 5 heteroatoms. The lowest BCUT2D eigenvalue weighted by molar-refractivity contribution is 0.356. The Labute approximate surface area is 99.3 Å². The fourth-order valence-electron chi connectivity index (χ4n) is 2.26. The molecule has 0 aliphatic carbocycles. The quantitative estimate of drug-likeness (QED) is 0.599. The van der Waals surface area contributed by atoms with Crippen molar-refractivity contribution in [2.75, 3.05) is 13.1 Å². The maximum Gasteiger partial charge on any atom is 0.326 e. The molecule has 1 aliphatic rings. The van der Waals surface area contributed by atoms with E-state index in [0.717, 1.165) is 31.3 Å². The second-order valence-corrected chi connectivity index (χ2v) is 4.20. The monoisotopic (exact) mass is 234 g/mol. The van der Waals surface area contributed by atoms with Crippen LogP contribution in [0, 0.1) is 0 Å². The standard InChI is InChI=1S/C12H18N4O/c1-9-11(3-2-6-13)16(12(17)15-9)10-4-7-14-8-5-10/h2-3,6,10,14H,1,4-5,7-8,13H2,(H,15,17)/b6-2-,11-3+. The molecule has 2 heterocycles. The van der Waals surface area contributed by atoms with Crippen molar-refractivity contribution in [2.24, 2.45) is 5.73 Å². The molecule has 0 radical (unpaired) electrons. The average Bonchev–Trinajstić information content (AvgIpc) is 2.62. The van der Waals surface area contributed by atoms with Gasteiger partial charge in [-0.05, 0) is 44.3 Å². The highest BCUT2D eigenvalue weighted by atomic mass is 16.1. The van der Waals surface area contributed by atoms with E-state index in [0.29, 0.717) is 5.35 Å². The highest BCUT2D eigenvalue weighted by Crippen LogP contribution is 2.13. The molecule has 0 bridgehead atoms. The average molecular weight is 234 g/mol. The zero-order valence-corrected chi connectivity index (χ0v) is 9.78. The third-order valence-corrected chi connectivity index (χ3v) is 3.08. The van der Waals surface area contributed by atoms with Gasteiger partial charge in [0.05, 0.1) is 10.7 Å². The van der Waals surface area contributed by atoms with Crippen molar-refractivity contribution in [3.63, 3.8) is 0 Å². The molecular formula is C12H18N4O. The van der Waals surface area contributed by atoms with Crippen LogP contribution in [0.5, 0.6) is 0 Å². The Bertz CT molecular complexity index is 560. The summed E-state index contributed by atoms with van der Waals surface area (Å²) in [6.07, 6.45) is 6.91. The predicted molar refractivity (Wildman–Crippen MR) is 68.8 cm³/mol. The number of rotatable bonds is 2. The summed E-state index contributed by atoms with van der Waals surface area (Å²) in [5, 5.41) is 4.76. The molecular weight excluding hydrogens is 216 g/mol. The summed E-state index contributed by atoms with van der Waals surface area (Å²) in [5.41, 5.74) is 5.24. The Morgan fingerprint density at radius 3 is 2.76 bits per heavy atom. The first-order valence-electron chi connectivity index (χ1n) is 5.83. The molecule has 0 aromatic carbocycles. The Balaban J connectivity index is 2.52. The van der Waals surface area contributed by atoms with Gasteiger partial charge in [-0.25, -0.2) is 4.79 Å². The molecule has 4 N–H and O–H groups in total. The Kier molecular flexibility index (Phi) is 3.49. The Hall–Kier alpha value is -1.75. The summed E-state index contributed by atoms with van der Waals surface area (Å²) >= 11 is 0. The molecule has 17 heavy (non-hydrogen) atoms. The molecule has 2 rings (SSSR count). The number of nitrogens with two attached hydrogens (primary N) is 1. The van der Waals surface area contributed by atoms with Crippen molar-refractivity contribution in [3.05, 3.63) is 33.5 Å². The van der Waals surface area contributed by atoms with E-state index in [9.17, 15) is 4.79 Å². The second kappa shape index (κ2) is 5.05. The number of allylic oxidation sites excluding steroid dienone is 1. The molecule has 1 aliphatic heterocycles. The number of nitrogens with one attached hydrogen (secondary N) is 2. The lowest BCUT2D eigenvalue weighted by atomic mass is 10.1. The van der Waals surface area contributed by atoms with Gasteiger partial charge in [-0.1, -0.05) is 6.58 Å². The maximum absolute atomic E-state index is 11.9. The van der Waals surface area contributed by atoms with E-state index in [1.807, 2.05) is 6.08 Å². The molecule has 0 atom stereocenters. The minimum Gasteiger partial charge on any atom is -0.405 e. The third kappa shape index (κ3) is 2.34. The van der Waals surface area contributed by atoms with Crippen LogP contribution in [0.1, 0.15) is 18.9 Å². The van der Waals surface area contributed by atoms with E-state index in [1.54, 1.807) is 10.6 Å². The number of nitrogens with zero attached hydrogens (tertiary/aromatic N) is 1. The minimum atomic E-state index is -0.0847. The van der Waals surface area contributed by atoms with E-state index in [2.05, 4.69) is 16.9 Å². The molecule has 1 saturated heterocycles. The lowest BCUT2D eigenvalue weighted by Crippen LogP contribution is -2.39. The van der Waals surface area contributed by atoms with E-state index in [1.165, 1.54) is 6.20 Å². The number of hydrogen-bond donors (Lipinski definition) is 3. The fraction of sp³-hybridized carbons (Fsp3) is 0.417. The maximum atomic E-state index is 11.9. The second-order valence-electron chi connectivity index (χ2n) is 4.20. The van der Waals surface area contributed by atoms with Gasteiger partial charge in [0.1, 0.15) is 0 Å². The van der Waals surface area contributed by atoms with Crippen LogP contribution in [0.3, 0.4) is 0 Å². The summed E-state index contributed by atoms with van der Waals surface area (Å²) in [6, 6.07) is 0.243. The summed E-state index contributed by atoms with van der Waals surface area (Å²) < 4.78 is 1.79. The zero-order valence-electron chi connectivity index (χ0n) is 9.78. The van der Waals surface area contributed by atoms with Gasteiger partial charge in [-0.2, -0.15) is 0 Å². The molecule has 0 amide bonds. The number of aromatic nitrogens is 2. The van der Waals surface area contributed by atoms with Gasteiger partial charge in [0.2, 0.25) is 0 Å². The highest BCUT2D eigenvalue weighted by molar-refractivity contribution is 5.34. The topological polar surface area (TPSA) is 75.8 Å². The number of hydrogen-bond acceptors (Lipinski definition) is 3. The molecule has 0 spiro atoms. The first-order chi connectivity index (χ1) is 8.24. The van der Waals surface area contributed by atoms with Crippen molar-refractivity contribution in [1.82, 2.24) is 14.9 Å². The van der Waals surface area contributed by atoms with Crippen molar-refractivity contribution in [3.8, 4) is 0 Å². The fourth-order valence-corrected chi connectivity index (χ4v) is 2.26. The van der Waals surface area contributed by atoms with Gasteiger partial charge in [0.25, 0.3) is 0 Å². The van der Waals surface area contributed by atoms with Crippen LogP contribution in [0.2, 0.25) is 0 Å². The molecule has 1 aromatic rings. The minimum absolute atomic E-state index is 0.0847. The smallest absolute Gasteiger partial charge is 0.326 e. The summed E-state index contributed by atoms with van der Waals surface area (Å²) in [7, 11) is 0. The van der Waals surface area contributed by atoms with Crippen LogP contribution >= 0.6 is 0 Å². The molecule has 0 unspecified atom stereocenters. The van der Waals surface area contributed by atoms with E-state index in [-0.39, 0.29) is 11.7 Å². The molecule has 92 valence electrons. The van der Waals surface area contributed by atoms with Crippen LogP contribution in [-0.4, -0.2) is 22.6 Å². The van der Waals surface area contributed by atoms with Crippen molar-refractivity contribution >= 4 is 12.7 Å². The SMILES string of the molecule is C=c1[nH]c(=O)n(C2CCNCC2)/c1=C/C=C\N. The van der Waals surface area contributed by atoms with E-state index >= 15 is 0 Å². The van der Waals surface area contributed by atoms with Gasteiger partial charge >= 0.3 is 5.69 Å². The Morgan fingerprint density at radius 1 is 1.41 bits per heavy atom. The normalized spacial score (nSPS) is 19.2. The van der Waals surface area contributed by atoms with Gasteiger partial charge in [0, 0.05) is 6.04 Å². The highest BCUT2D eigenvalue weighted by Gasteiger charge is 2.17. The van der Waals surface area contributed by atoms with Crippen LogP contribution in [0.15, 0.2) is 17.1 Å². The van der Waals surface area contributed by atoms with Crippen molar-refractivity contribution < 1.29 is 0 Å². The van der Waals surface area contributed by atoms with E-state index < -0.39 is 0 Å². The number of H-pyrrole nitrogens is 1. The summed E-state index contributed by atoms with van der Waals surface area (Å²) in [6.45, 7) is 5.74. The molecule has 1 fully saturated rings. The summed E-state index contributed by atoms with van der Waals surface area (Å²) in [5.74, 6) is 0. The van der Waals surface area contributed by atoms with Crippen LogP contribution in [-0.2, 0) is 0 Å². The Morgan fingerprint density at radius 2 is 2.12 bits per heavy atom. The predicted octanol–water partition coefficient (Wildman–Crippen LogP) is -1.24. The largest absolute Gasteiger partial charge is 0.405 e. The van der Waals surface area contributed by atoms with Crippen molar-refractivity contribution in [2.45, 2.75) is 18.9 Å². The lowest BCUT2D eigenvalue weighted by Gasteiger charge is -2.23. The molecule has 1 aromatic heterocycles. The van der Waals surface area contributed by atoms with Crippen molar-refractivity contribution in [1.29, 1.82) is 0 Å². The molecule has 0 saturated carbocycles. The van der Waals surface area contributed by atoms with Gasteiger partial charge in [0.15, 0.2) is 0 Å². The third-order valence-electron chi connectivity index (χ3n) is 3.08. The van der Waals surface area contributed by atoms with Gasteiger partial charge < -0.3 is 16.0 Å². The number of aromatic amines is 1. The van der Waals surface area contributed by atoms with Crippen LogP contribution in [0.25, 0.3) is 12.7 Å².